The quantitative estimate of drug-likeness (QED) is 0.271. The fourth-order valence-electron chi connectivity index (χ4n) is 6.57. The van der Waals surface area contributed by atoms with E-state index in [1.165, 1.54) is 29.7 Å². The van der Waals surface area contributed by atoms with Crippen molar-refractivity contribution in [2.24, 2.45) is 4.99 Å². The molecule has 0 aliphatic carbocycles. The number of rotatable bonds is 4. The molecule has 42 heavy (non-hydrogen) atoms. The second-order valence-corrected chi connectivity index (χ2v) is 10.9. The zero-order chi connectivity index (χ0) is 29.3. The molecule has 4 aromatic rings. The van der Waals surface area contributed by atoms with E-state index in [2.05, 4.69) is 25.9 Å². The smallest absolute Gasteiger partial charge is 0.407 e. The van der Waals surface area contributed by atoms with Crippen molar-refractivity contribution in [2.75, 3.05) is 32.1 Å². The van der Waals surface area contributed by atoms with Crippen LogP contribution in [-0.4, -0.2) is 76.6 Å². The molecule has 1 amide bonds. The molecule has 2 bridgehead atoms. The molecule has 2 fully saturated rings. The van der Waals surface area contributed by atoms with Crippen molar-refractivity contribution >= 4 is 46.0 Å². The normalized spacial score (nSPS) is 19.7. The Morgan fingerprint density at radius 2 is 1.88 bits per heavy atom. The highest BCUT2D eigenvalue weighted by atomic mass is 19.1. The Morgan fingerprint density at radius 1 is 1.14 bits per heavy atom. The average molecular weight is 574 g/mol. The van der Waals surface area contributed by atoms with Crippen molar-refractivity contribution in [3.8, 4) is 17.2 Å². The summed E-state index contributed by atoms with van der Waals surface area (Å²) in [5.74, 6) is -0.982. The molecule has 1 N–H and O–H groups in total. The summed E-state index contributed by atoms with van der Waals surface area (Å²) in [6.45, 7) is 0.794. The van der Waals surface area contributed by atoms with Gasteiger partial charge in [0.2, 0.25) is 5.88 Å². The van der Waals surface area contributed by atoms with Crippen LogP contribution in [0.2, 0.25) is 0 Å². The molecule has 7 rings (SSSR count). The Bertz CT molecular complexity index is 1850. The number of likely N-dealkylation sites (tertiary alicyclic amines) is 1. The van der Waals surface area contributed by atoms with E-state index in [1.807, 2.05) is 0 Å². The Kier molecular flexibility index (Phi) is 5.98. The minimum Gasteiger partial charge on any atom is -0.465 e. The van der Waals surface area contributed by atoms with Gasteiger partial charge in [-0.2, -0.15) is 5.26 Å². The molecule has 13 heteroatoms. The third-order valence-corrected chi connectivity index (χ3v) is 8.27. The van der Waals surface area contributed by atoms with Crippen molar-refractivity contribution in [1.29, 1.82) is 5.26 Å². The van der Waals surface area contributed by atoms with Crippen LogP contribution in [0.5, 0.6) is 0 Å². The van der Waals surface area contributed by atoms with Crippen molar-refractivity contribution in [2.45, 2.75) is 38.1 Å². The molecule has 3 aliphatic heterocycles. The van der Waals surface area contributed by atoms with Gasteiger partial charge in [-0.3, -0.25) is 0 Å². The molecule has 5 heterocycles. The lowest BCUT2D eigenvalue weighted by atomic mass is 9.90. The van der Waals surface area contributed by atoms with Crippen LogP contribution in [0.3, 0.4) is 0 Å². The molecule has 2 saturated heterocycles. The number of halogens is 2. The highest BCUT2D eigenvalue weighted by molar-refractivity contribution is 6.05. The van der Waals surface area contributed by atoms with Gasteiger partial charge in [0.1, 0.15) is 40.7 Å². The summed E-state index contributed by atoms with van der Waals surface area (Å²) in [5.41, 5.74) is 1.11. The summed E-state index contributed by atoms with van der Waals surface area (Å²) in [6, 6.07) is 4.40. The van der Waals surface area contributed by atoms with Gasteiger partial charge >= 0.3 is 6.09 Å². The monoisotopic (exact) mass is 573 g/mol. The number of anilines is 1. The van der Waals surface area contributed by atoms with Gasteiger partial charge in [-0.25, -0.2) is 28.5 Å². The van der Waals surface area contributed by atoms with Gasteiger partial charge in [-0.15, -0.1) is 0 Å². The number of ether oxygens (including phenoxy) is 1. The van der Waals surface area contributed by atoms with E-state index in [0.717, 1.165) is 12.8 Å². The van der Waals surface area contributed by atoms with Crippen molar-refractivity contribution in [3.05, 3.63) is 46.8 Å². The number of nitriles is 1. The van der Waals surface area contributed by atoms with E-state index in [9.17, 15) is 15.2 Å². The van der Waals surface area contributed by atoms with Gasteiger partial charge in [0.25, 0.3) is 0 Å². The molecule has 2 aromatic carbocycles. The van der Waals surface area contributed by atoms with Crippen LogP contribution in [0.4, 0.5) is 25.3 Å². The number of amides is 1. The molecule has 214 valence electrons. The Labute approximate surface area is 238 Å². The molecule has 2 atom stereocenters. The van der Waals surface area contributed by atoms with Crippen LogP contribution in [-0.2, 0) is 18.0 Å². The maximum atomic E-state index is 16.8. The zero-order valence-corrected chi connectivity index (χ0v) is 22.8. The third kappa shape index (κ3) is 3.78. The number of piperazine rings is 1. The number of hydrogen-bond acceptors (Lipinski definition) is 8. The minimum absolute atomic E-state index is 0.00331. The van der Waals surface area contributed by atoms with E-state index in [0.29, 0.717) is 35.4 Å². The average Bonchev–Trinajstić information content (AvgIpc) is 3.66. The summed E-state index contributed by atoms with van der Waals surface area (Å²) in [7, 11) is 3.51. The number of furan rings is 1. The Morgan fingerprint density at radius 3 is 2.57 bits per heavy atom. The fraction of sp³-hybridized carbons (Fsp3) is 0.345. The number of carbonyl (C=O) groups is 1. The number of aromatic nitrogens is 2. The summed E-state index contributed by atoms with van der Waals surface area (Å²) in [5, 5.41) is 20.2. The standard InChI is InChI=1S/C29H25F2N7O4/c1-36(2)13-35-28-16(7-32)21-20(42-28)6-5-19(30)24(21)22-17-10-41-11-18(17)23-26(25(22)31)33-12-34-27(23)38-14-3-4-15(38)9-37(8-14)29(39)40/h5-6,12-15H,3-4,8-11H2,1-2H3,(H,39,40). The maximum Gasteiger partial charge on any atom is 0.407 e. The first-order valence-corrected chi connectivity index (χ1v) is 13.5. The Hall–Kier alpha value is -4.83. The first-order chi connectivity index (χ1) is 20.3. The number of aliphatic imine (C=N–C) groups is 1. The van der Waals surface area contributed by atoms with Crippen LogP contribution in [0.1, 0.15) is 29.5 Å². The first kappa shape index (κ1) is 26.1. The predicted octanol–water partition coefficient (Wildman–Crippen LogP) is 4.78. The van der Waals surface area contributed by atoms with Gasteiger partial charge in [0, 0.05) is 50.4 Å². The fourth-order valence-corrected chi connectivity index (χ4v) is 6.57. The van der Waals surface area contributed by atoms with Crippen LogP contribution >= 0.6 is 0 Å². The van der Waals surface area contributed by atoms with Gasteiger partial charge < -0.3 is 29.0 Å². The van der Waals surface area contributed by atoms with Crippen molar-refractivity contribution in [3.63, 3.8) is 0 Å². The summed E-state index contributed by atoms with van der Waals surface area (Å²) in [6.07, 6.45) is 3.33. The molecule has 11 nitrogen and oxygen atoms in total. The van der Waals surface area contributed by atoms with E-state index < -0.39 is 17.7 Å². The topological polar surface area (TPSA) is 131 Å². The highest BCUT2D eigenvalue weighted by Crippen LogP contribution is 2.48. The SMILES string of the molecule is CN(C)C=Nc1oc2ccc(F)c(-c3c4c(c5c(N6C7CCC6CN(C(=O)O)C7)ncnc5c3F)COC4)c2c1C#N. The zero-order valence-electron chi connectivity index (χ0n) is 22.8. The maximum absolute atomic E-state index is 16.8. The number of nitrogens with zero attached hydrogens (tertiary/aromatic N) is 7. The molecule has 0 radical (unpaired) electrons. The van der Waals surface area contributed by atoms with Crippen molar-refractivity contribution in [1.82, 2.24) is 19.8 Å². The second-order valence-electron chi connectivity index (χ2n) is 10.9. The summed E-state index contributed by atoms with van der Waals surface area (Å²) < 4.78 is 44.2. The third-order valence-electron chi connectivity index (χ3n) is 8.27. The van der Waals surface area contributed by atoms with Crippen LogP contribution in [0.15, 0.2) is 27.9 Å². The second kappa shape index (κ2) is 9.63. The van der Waals surface area contributed by atoms with Gasteiger partial charge in [0.05, 0.1) is 30.3 Å². The number of hydrogen-bond donors (Lipinski definition) is 1. The van der Waals surface area contributed by atoms with Gasteiger partial charge in [-0.1, -0.05) is 0 Å². The van der Waals surface area contributed by atoms with Crippen molar-refractivity contribution < 1.29 is 27.8 Å². The van der Waals surface area contributed by atoms with E-state index in [1.54, 1.807) is 19.0 Å². The molecule has 2 aromatic heterocycles. The van der Waals surface area contributed by atoms with Crippen LogP contribution in [0.25, 0.3) is 33.0 Å². The molecule has 2 unspecified atom stereocenters. The highest BCUT2D eigenvalue weighted by Gasteiger charge is 2.43. The van der Waals surface area contributed by atoms with E-state index in [-0.39, 0.29) is 64.4 Å². The Balaban J connectivity index is 1.47. The van der Waals surface area contributed by atoms with Gasteiger partial charge in [-0.05, 0) is 36.1 Å². The largest absolute Gasteiger partial charge is 0.465 e. The van der Waals surface area contributed by atoms with E-state index in [4.69, 9.17) is 9.15 Å². The van der Waals surface area contributed by atoms with Crippen LogP contribution in [0, 0.1) is 23.0 Å². The molecule has 0 saturated carbocycles. The summed E-state index contributed by atoms with van der Waals surface area (Å²) in [4.78, 5) is 29.9. The predicted molar refractivity (Wildman–Crippen MR) is 149 cm³/mol. The molecular formula is C29H25F2N7O4. The lowest BCUT2D eigenvalue weighted by Gasteiger charge is -2.41. The number of carboxylic acid groups (broad SMARTS) is 1. The van der Waals surface area contributed by atoms with E-state index >= 15 is 8.78 Å². The van der Waals surface area contributed by atoms with Crippen LogP contribution < -0.4 is 4.90 Å². The number of fused-ring (bicyclic) bond motifs is 6. The number of benzene rings is 2. The lowest BCUT2D eigenvalue weighted by Crippen LogP contribution is -2.55. The minimum atomic E-state index is -0.966. The lowest BCUT2D eigenvalue weighted by molar-refractivity contribution is 0.133. The summed E-state index contributed by atoms with van der Waals surface area (Å²) >= 11 is 0. The first-order valence-electron chi connectivity index (χ1n) is 13.5. The molecule has 3 aliphatic rings. The molecular weight excluding hydrogens is 548 g/mol. The molecule has 0 spiro atoms. The van der Waals surface area contributed by atoms with Gasteiger partial charge in [0.15, 0.2) is 5.82 Å².